The van der Waals surface area contributed by atoms with Crippen molar-refractivity contribution in [2.45, 2.75) is 24.9 Å². The summed E-state index contributed by atoms with van der Waals surface area (Å²) in [6.45, 7) is 1.90. The molecule has 0 atom stereocenters. The van der Waals surface area contributed by atoms with Gasteiger partial charge in [0.05, 0.1) is 10.3 Å². The number of halogens is 1. The molecular formula is C9H11BrN4O3S2. The molecule has 0 amide bonds. The van der Waals surface area contributed by atoms with Crippen LogP contribution in [0.2, 0.25) is 0 Å². The Morgan fingerprint density at radius 1 is 1.58 bits per heavy atom. The van der Waals surface area contributed by atoms with Crippen LogP contribution in [-0.2, 0) is 23.1 Å². The van der Waals surface area contributed by atoms with Crippen LogP contribution in [0.15, 0.2) is 19.3 Å². The average molecular weight is 367 g/mol. The number of sulfonamides is 1. The van der Waals surface area contributed by atoms with Crippen LogP contribution in [-0.4, -0.2) is 18.6 Å². The van der Waals surface area contributed by atoms with Gasteiger partial charge in [0.1, 0.15) is 4.90 Å². The van der Waals surface area contributed by atoms with Crippen molar-refractivity contribution < 1.29 is 12.9 Å². The Morgan fingerprint density at radius 2 is 2.32 bits per heavy atom. The quantitative estimate of drug-likeness (QED) is 0.820. The molecule has 0 aromatic carbocycles. The molecule has 0 bridgehead atoms. The summed E-state index contributed by atoms with van der Waals surface area (Å²) < 4.78 is 31.9. The van der Waals surface area contributed by atoms with Crippen molar-refractivity contribution in [3.05, 3.63) is 26.4 Å². The van der Waals surface area contributed by atoms with E-state index < -0.39 is 10.0 Å². The summed E-state index contributed by atoms with van der Waals surface area (Å²) >= 11 is 4.50. The summed E-state index contributed by atoms with van der Waals surface area (Å²) in [6, 6.07) is 1.54. The first-order valence-electron chi connectivity index (χ1n) is 5.19. The largest absolute Gasteiger partial charge is 0.338 e. The predicted octanol–water partition coefficient (Wildman–Crippen LogP) is 1.14. The number of thiophene rings is 1. The highest BCUT2D eigenvalue weighted by Crippen LogP contribution is 2.31. The van der Waals surface area contributed by atoms with Crippen LogP contribution >= 0.6 is 27.3 Å². The van der Waals surface area contributed by atoms with E-state index in [1.54, 1.807) is 6.92 Å². The van der Waals surface area contributed by atoms with Gasteiger partial charge >= 0.3 is 0 Å². The minimum absolute atomic E-state index is 0.0522. The first-order valence-corrected chi connectivity index (χ1v) is 8.29. The molecule has 104 valence electrons. The highest BCUT2D eigenvalue weighted by atomic mass is 79.9. The number of hydrogen-bond donors (Lipinski definition) is 2. The summed E-state index contributed by atoms with van der Waals surface area (Å²) in [5.41, 5.74) is 5.48. The van der Waals surface area contributed by atoms with Crippen molar-refractivity contribution in [3.8, 4) is 0 Å². The normalized spacial score (nSPS) is 11.9. The fourth-order valence-corrected chi connectivity index (χ4v) is 4.86. The lowest BCUT2D eigenvalue weighted by atomic mass is 10.5. The molecule has 2 rings (SSSR count). The van der Waals surface area contributed by atoms with Gasteiger partial charge in [-0.05, 0) is 28.9 Å². The minimum atomic E-state index is -3.64. The van der Waals surface area contributed by atoms with E-state index in [-0.39, 0.29) is 17.3 Å². The Balaban J connectivity index is 2.15. The van der Waals surface area contributed by atoms with Crippen molar-refractivity contribution in [1.82, 2.24) is 14.9 Å². The van der Waals surface area contributed by atoms with E-state index in [2.05, 4.69) is 30.8 Å². The predicted molar refractivity (Wildman–Crippen MR) is 73.0 cm³/mol. The van der Waals surface area contributed by atoms with Crippen LogP contribution in [0.4, 0.5) is 0 Å². The Labute approximate surface area is 122 Å². The lowest BCUT2D eigenvalue weighted by Crippen LogP contribution is -2.23. The first kappa shape index (κ1) is 14.6. The smallest absolute Gasteiger partial charge is 0.243 e. The maximum Gasteiger partial charge on any atom is 0.243 e. The van der Waals surface area contributed by atoms with Crippen LogP contribution in [0.3, 0.4) is 0 Å². The molecule has 0 unspecified atom stereocenters. The highest BCUT2D eigenvalue weighted by molar-refractivity contribution is 9.11. The molecule has 0 fully saturated rings. The third-order valence-corrected chi connectivity index (χ3v) is 5.86. The Hall–Kier alpha value is -0.810. The van der Waals surface area contributed by atoms with Gasteiger partial charge in [0.2, 0.25) is 15.9 Å². The van der Waals surface area contributed by atoms with Crippen molar-refractivity contribution in [1.29, 1.82) is 0 Å². The van der Waals surface area contributed by atoms with Crippen LogP contribution in [0, 0.1) is 6.92 Å². The van der Waals surface area contributed by atoms with E-state index in [4.69, 9.17) is 10.3 Å². The van der Waals surface area contributed by atoms with Gasteiger partial charge < -0.3 is 10.3 Å². The topological polar surface area (TPSA) is 111 Å². The molecule has 0 saturated carbocycles. The lowest BCUT2D eigenvalue weighted by molar-refractivity contribution is 0.372. The van der Waals surface area contributed by atoms with Gasteiger partial charge in [-0.3, -0.25) is 0 Å². The second-order valence-electron chi connectivity index (χ2n) is 3.61. The van der Waals surface area contributed by atoms with Crippen molar-refractivity contribution >= 4 is 37.3 Å². The standard InChI is InChI=1S/C9H11BrN4O3S2/c1-5-13-8(17-14-5)4-12-19(15,16)7-2-6(3-11)18-9(7)10/h2,12H,3-4,11H2,1H3. The van der Waals surface area contributed by atoms with Gasteiger partial charge in [0, 0.05) is 11.4 Å². The molecule has 2 aromatic heterocycles. The second kappa shape index (κ2) is 5.67. The number of aromatic nitrogens is 2. The maximum absolute atomic E-state index is 12.1. The average Bonchev–Trinajstić information content (AvgIpc) is 2.93. The molecule has 2 aromatic rings. The number of nitrogens with zero attached hydrogens (tertiary/aromatic N) is 2. The summed E-state index contributed by atoms with van der Waals surface area (Å²) in [5, 5.41) is 3.58. The number of nitrogens with one attached hydrogen (secondary N) is 1. The van der Waals surface area contributed by atoms with Gasteiger partial charge in [0.15, 0.2) is 5.82 Å². The maximum atomic E-state index is 12.1. The van der Waals surface area contributed by atoms with E-state index in [0.29, 0.717) is 16.2 Å². The molecule has 0 saturated heterocycles. The zero-order valence-corrected chi connectivity index (χ0v) is 13.1. The molecule has 10 heteroatoms. The SMILES string of the molecule is Cc1noc(CNS(=O)(=O)c2cc(CN)sc2Br)n1. The molecule has 7 nitrogen and oxygen atoms in total. The molecule has 0 aliphatic rings. The summed E-state index contributed by atoms with van der Waals surface area (Å²) in [4.78, 5) is 4.86. The number of nitrogens with two attached hydrogens (primary N) is 1. The summed E-state index contributed by atoms with van der Waals surface area (Å²) in [6.07, 6.45) is 0. The van der Waals surface area contributed by atoms with E-state index in [1.807, 2.05) is 0 Å². The molecule has 0 spiro atoms. The van der Waals surface area contributed by atoms with Crippen LogP contribution in [0.5, 0.6) is 0 Å². The van der Waals surface area contributed by atoms with Crippen molar-refractivity contribution in [2.24, 2.45) is 5.73 Å². The van der Waals surface area contributed by atoms with Gasteiger partial charge in [-0.25, -0.2) is 13.1 Å². The van der Waals surface area contributed by atoms with Crippen LogP contribution in [0.25, 0.3) is 0 Å². The third-order valence-electron chi connectivity index (χ3n) is 2.18. The van der Waals surface area contributed by atoms with Gasteiger partial charge in [0.25, 0.3) is 0 Å². The Bertz CT molecular complexity index is 679. The second-order valence-corrected chi connectivity index (χ2v) is 7.80. The zero-order chi connectivity index (χ0) is 14.0. The van der Waals surface area contributed by atoms with E-state index >= 15 is 0 Å². The molecule has 0 aliphatic carbocycles. The summed E-state index contributed by atoms with van der Waals surface area (Å²) in [7, 11) is -3.64. The van der Waals surface area contributed by atoms with Gasteiger partial charge in [-0.1, -0.05) is 5.16 Å². The zero-order valence-electron chi connectivity index (χ0n) is 9.88. The third kappa shape index (κ3) is 3.39. The van der Waals surface area contributed by atoms with Crippen LogP contribution in [0.1, 0.15) is 16.6 Å². The molecule has 0 aliphatic heterocycles. The lowest BCUT2D eigenvalue weighted by Gasteiger charge is -2.02. The van der Waals surface area contributed by atoms with E-state index in [9.17, 15) is 8.42 Å². The van der Waals surface area contributed by atoms with Gasteiger partial charge in [-0.15, -0.1) is 11.3 Å². The Morgan fingerprint density at radius 3 is 2.84 bits per heavy atom. The fourth-order valence-electron chi connectivity index (χ4n) is 1.33. The number of rotatable bonds is 5. The number of hydrogen-bond acceptors (Lipinski definition) is 7. The van der Waals surface area contributed by atoms with Crippen molar-refractivity contribution in [2.75, 3.05) is 0 Å². The monoisotopic (exact) mass is 366 g/mol. The number of aryl methyl sites for hydroxylation is 1. The highest BCUT2D eigenvalue weighted by Gasteiger charge is 2.21. The van der Waals surface area contributed by atoms with Crippen molar-refractivity contribution in [3.63, 3.8) is 0 Å². The van der Waals surface area contributed by atoms with Gasteiger partial charge in [-0.2, -0.15) is 4.98 Å². The van der Waals surface area contributed by atoms with Crippen LogP contribution < -0.4 is 10.5 Å². The summed E-state index contributed by atoms with van der Waals surface area (Å²) in [5.74, 6) is 0.669. The fraction of sp³-hybridized carbons (Fsp3) is 0.333. The van der Waals surface area contributed by atoms with E-state index in [1.165, 1.54) is 17.4 Å². The first-order chi connectivity index (χ1) is 8.92. The van der Waals surface area contributed by atoms with E-state index in [0.717, 1.165) is 4.88 Å². The minimum Gasteiger partial charge on any atom is -0.338 e. The molecular weight excluding hydrogens is 356 g/mol. The molecule has 2 heterocycles. The molecule has 19 heavy (non-hydrogen) atoms. The Kier molecular flexibility index (Phi) is 4.36. The molecule has 0 radical (unpaired) electrons. The molecule has 3 N–H and O–H groups in total.